The molecule has 0 unspecified atom stereocenters. The molecule has 148 valence electrons. The molecule has 2 aliphatic heterocycles. The number of ether oxygens (including phenoxy) is 2. The van der Waals surface area contributed by atoms with Crippen LogP contribution < -0.4 is 20.1 Å². The number of aliphatic hydroxyl groups is 1. The lowest BCUT2D eigenvalue weighted by molar-refractivity contribution is -0.285. The van der Waals surface area contributed by atoms with Gasteiger partial charge in [0.15, 0.2) is 22.4 Å². The lowest BCUT2D eigenvalue weighted by Crippen LogP contribution is -2.72. The maximum atomic E-state index is 13.9. The van der Waals surface area contributed by atoms with E-state index in [1.807, 2.05) is 5.32 Å². The van der Waals surface area contributed by atoms with Crippen molar-refractivity contribution in [3.8, 4) is 11.5 Å². The number of hydrogen-bond acceptors (Lipinski definition) is 6. The molecule has 6 nitrogen and oxygen atoms in total. The van der Waals surface area contributed by atoms with Gasteiger partial charge >= 0.3 is 6.18 Å². The van der Waals surface area contributed by atoms with Gasteiger partial charge in [-0.1, -0.05) is 12.1 Å². The summed E-state index contributed by atoms with van der Waals surface area (Å²) in [6, 6.07) is 6.22. The number of halogens is 3. The number of alkyl halides is 3. The molecule has 28 heavy (non-hydrogen) atoms. The van der Waals surface area contributed by atoms with Crippen LogP contribution in [0.3, 0.4) is 0 Å². The topological polar surface area (TPSA) is 79.8 Å². The molecule has 1 aromatic carbocycles. The number of hydrogen-bond donors (Lipinski definition) is 3. The fourth-order valence-electron chi connectivity index (χ4n) is 3.30. The Morgan fingerprint density at radius 1 is 1.29 bits per heavy atom. The van der Waals surface area contributed by atoms with Crippen LogP contribution in [0.15, 0.2) is 35.7 Å². The standard InChI is InChI=1S/C17H13F3N2O4S2/c18-17(19,20)16(24)12(14(23)11-2-1-5-28-11)13(21-15(27)22-16)8-3-4-9-10(6-8)26-7-25-9/h1-6,12-13,24H,7H2,(H2,21,22,27)/t12-,13+,16+/m0/s1. The maximum absolute atomic E-state index is 13.9. The van der Waals surface area contributed by atoms with Crippen molar-refractivity contribution in [1.29, 1.82) is 0 Å². The molecule has 2 aromatic rings. The number of fused-ring (bicyclic) bond motifs is 1. The Morgan fingerprint density at radius 3 is 2.71 bits per heavy atom. The number of thiocarbonyl (C=S) groups is 1. The normalized spacial score (nSPS) is 26.5. The minimum atomic E-state index is -5.16. The second-order valence-electron chi connectivity index (χ2n) is 6.27. The van der Waals surface area contributed by atoms with Crippen molar-refractivity contribution in [3.05, 3.63) is 46.2 Å². The van der Waals surface area contributed by atoms with E-state index in [1.165, 1.54) is 24.3 Å². The summed E-state index contributed by atoms with van der Waals surface area (Å²) >= 11 is 5.89. The van der Waals surface area contributed by atoms with E-state index >= 15 is 0 Å². The number of benzene rings is 1. The Labute approximate surface area is 166 Å². The molecule has 0 amide bonds. The van der Waals surface area contributed by atoms with E-state index in [0.717, 1.165) is 11.3 Å². The van der Waals surface area contributed by atoms with E-state index in [4.69, 9.17) is 21.7 Å². The molecule has 0 saturated carbocycles. The molecule has 0 radical (unpaired) electrons. The zero-order valence-electron chi connectivity index (χ0n) is 13.9. The smallest absolute Gasteiger partial charge is 0.437 e. The molecular formula is C17H13F3N2O4S2. The lowest BCUT2D eigenvalue weighted by Gasteiger charge is -2.46. The van der Waals surface area contributed by atoms with Gasteiger partial charge in [-0.3, -0.25) is 4.79 Å². The molecule has 1 saturated heterocycles. The fraction of sp³-hybridized carbons (Fsp3) is 0.294. The second kappa shape index (κ2) is 6.61. The van der Waals surface area contributed by atoms with Crippen LogP contribution in [0.5, 0.6) is 11.5 Å². The molecule has 4 rings (SSSR count). The van der Waals surface area contributed by atoms with E-state index in [0.29, 0.717) is 17.1 Å². The Balaban J connectivity index is 1.84. The second-order valence-corrected chi connectivity index (χ2v) is 7.63. The highest BCUT2D eigenvalue weighted by Gasteiger charge is 2.65. The quantitative estimate of drug-likeness (QED) is 0.511. The van der Waals surface area contributed by atoms with Crippen LogP contribution in [-0.2, 0) is 0 Å². The Bertz CT molecular complexity index is 935. The first-order valence-electron chi connectivity index (χ1n) is 8.06. The van der Waals surface area contributed by atoms with Crippen LogP contribution >= 0.6 is 23.6 Å². The van der Waals surface area contributed by atoms with Crippen LogP contribution in [0.25, 0.3) is 0 Å². The molecule has 3 atom stereocenters. The van der Waals surface area contributed by atoms with E-state index in [9.17, 15) is 23.1 Å². The summed E-state index contributed by atoms with van der Waals surface area (Å²) < 4.78 is 52.1. The van der Waals surface area contributed by atoms with Gasteiger partial charge in [-0.15, -0.1) is 11.3 Å². The summed E-state index contributed by atoms with van der Waals surface area (Å²) in [6.07, 6.45) is -5.16. The maximum Gasteiger partial charge on any atom is 0.437 e. The minimum absolute atomic E-state index is 0.0130. The van der Waals surface area contributed by atoms with Crippen LogP contribution in [0.2, 0.25) is 0 Å². The van der Waals surface area contributed by atoms with Gasteiger partial charge in [-0.05, 0) is 41.4 Å². The van der Waals surface area contributed by atoms with Crippen molar-refractivity contribution in [3.63, 3.8) is 0 Å². The zero-order valence-corrected chi connectivity index (χ0v) is 15.6. The first kappa shape index (κ1) is 19.0. The summed E-state index contributed by atoms with van der Waals surface area (Å²) in [5.74, 6) is -2.02. The molecule has 0 spiro atoms. The van der Waals surface area contributed by atoms with Gasteiger partial charge in [0.05, 0.1) is 10.9 Å². The highest BCUT2D eigenvalue weighted by Crippen LogP contribution is 2.45. The summed E-state index contributed by atoms with van der Waals surface area (Å²) in [4.78, 5) is 13.1. The number of nitrogens with one attached hydrogen (secondary N) is 2. The highest BCUT2D eigenvalue weighted by molar-refractivity contribution is 7.80. The van der Waals surface area contributed by atoms with Crippen LogP contribution in [0.4, 0.5) is 13.2 Å². The molecule has 0 aliphatic carbocycles. The van der Waals surface area contributed by atoms with Crippen molar-refractivity contribution >= 4 is 34.5 Å². The zero-order chi connectivity index (χ0) is 20.1. The van der Waals surface area contributed by atoms with E-state index < -0.39 is 34.8 Å². The Hall–Kier alpha value is -2.37. The predicted octanol–water partition coefficient (Wildman–Crippen LogP) is 2.75. The largest absolute Gasteiger partial charge is 0.454 e. The monoisotopic (exact) mass is 430 g/mol. The van der Waals surface area contributed by atoms with Crippen LogP contribution in [0, 0.1) is 5.92 Å². The third-order valence-electron chi connectivity index (χ3n) is 4.61. The van der Waals surface area contributed by atoms with Crippen molar-refractivity contribution in [2.24, 2.45) is 5.92 Å². The molecule has 1 aromatic heterocycles. The van der Waals surface area contributed by atoms with Crippen molar-refractivity contribution < 1.29 is 32.5 Å². The number of thiophene rings is 1. The average Bonchev–Trinajstić information content (AvgIpc) is 3.30. The van der Waals surface area contributed by atoms with Crippen molar-refractivity contribution in [2.75, 3.05) is 6.79 Å². The fourth-order valence-corrected chi connectivity index (χ4v) is 4.28. The number of carbonyl (C=O) groups is 1. The SMILES string of the molecule is O=C(c1cccs1)[C@@H]1[C@@H](c2ccc3c(c2)OCO3)NC(=S)N[C@]1(O)C(F)(F)F. The van der Waals surface area contributed by atoms with E-state index in [1.54, 1.807) is 11.4 Å². The van der Waals surface area contributed by atoms with Crippen LogP contribution in [-0.4, -0.2) is 34.7 Å². The summed E-state index contributed by atoms with van der Waals surface area (Å²) in [5.41, 5.74) is -3.25. The molecule has 1 fully saturated rings. The molecular weight excluding hydrogens is 417 g/mol. The number of ketones is 1. The van der Waals surface area contributed by atoms with Gasteiger partial charge in [0.1, 0.15) is 5.92 Å². The van der Waals surface area contributed by atoms with Gasteiger partial charge in [0.2, 0.25) is 12.5 Å². The summed E-state index contributed by atoms with van der Waals surface area (Å²) in [5, 5.41) is 16.3. The van der Waals surface area contributed by atoms with Gasteiger partial charge in [0.25, 0.3) is 0 Å². The average molecular weight is 430 g/mol. The molecule has 3 N–H and O–H groups in total. The third-order valence-corrected chi connectivity index (χ3v) is 5.71. The van der Waals surface area contributed by atoms with Crippen molar-refractivity contribution in [2.45, 2.75) is 17.9 Å². The molecule has 3 heterocycles. The number of carbonyl (C=O) groups excluding carboxylic acids is 1. The van der Waals surface area contributed by atoms with Gasteiger partial charge in [-0.2, -0.15) is 13.2 Å². The van der Waals surface area contributed by atoms with Gasteiger partial charge < -0.3 is 25.2 Å². The van der Waals surface area contributed by atoms with Crippen molar-refractivity contribution in [1.82, 2.24) is 10.6 Å². The predicted molar refractivity (Wildman–Crippen MR) is 97.3 cm³/mol. The number of rotatable bonds is 3. The minimum Gasteiger partial charge on any atom is -0.454 e. The molecule has 0 bridgehead atoms. The Kier molecular flexibility index (Phi) is 4.47. The van der Waals surface area contributed by atoms with Gasteiger partial charge in [-0.25, -0.2) is 0 Å². The van der Waals surface area contributed by atoms with E-state index in [-0.39, 0.29) is 11.7 Å². The first-order valence-corrected chi connectivity index (χ1v) is 9.34. The number of Topliss-reactive ketones (excluding diaryl/α,β-unsaturated/α-hetero) is 1. The summed E-state index contributed by atoms with van der Waals surface area (Å²) in [6.45, 7) is -0.0130. The highest BCUT2D eigenvalue weighted by atomic mass is 32.1. The van der Waals surface area contributed by atoms with Crippen LogP contribution in [0.1, 0.15) is 21.3 Å². The lowest BCUT2D eigenvalue weighted by atomic mass is 9.78. The Morgan fingerprint density at radius 2 is 2.04 bits per heavy atom. The molecule has 11 heteroatoms. The first-order chi connectivity index (χ1) is 13.2. The summed E-state index contributed by atoms with van der Waals surface area (Å²) in [7, 11) is 0. The molecule has 2 aliphatic rings. The van der Waals surface area contributed by atoms with Gasteiger partial charge in [0, 0.05) is 0 Å². The van der Waals surface area contributed by atoms with E-state index in [2.05, 4.69) is 5.32 Å². The third kappa shape index (κ3) is 2.99.